The lowest BCUT2D eigenvalue weighted by Crippen LogP contribution is -2.06. The summed E-state index contributed by atoms with van der Waals surface area (Å²) in [7, 11) is 1.70. The lowest BCUT2D eigenvalue weighted by atomic mass is 10.1. The van der Waals surface area contributed by atoms with Crippen LogP contribution in [0.3, 0.4) is 0 Å². The van der Waals surface area contributed by atoms with Crippen molar-refractivity contribution < 1.29 is 4.74 Å². The Morgan fingerprint density at radius 1 is 1.67 bits per heavy atom. The predicted molar refractivity (Wildman–Crippen MR) is 49.7 cm³/mol. The maximum absolute atomic E-state index is 5.58. The Balaban J connectivity index is 2.41. The van der Waals surface area contributed by atoms with Crippen LogP contribution in [0.2, 0.25) is 5.28 Å². The molecule has 0 aliphatic rings. The van der Waals surface area contributed by atoms with E-state index in [4.69, 9.17) is 16.3 Å². The number of methoxy groups -OCH3 is 1. The zero-order valence-electron chi connectivity index (χ0n) is 7.08. The minimum Gasteiger partial charge on any atom is -0.384 e. The molecule has 1 aromatic rings. The van der Waals surface area contributed by atoms with Gasteiger partial charge in [-0.1, -0.05) is 6.92 Å². The molecule has 0 aliphatic carbocycles. The summed E-state index contributed by atoms with van der Waals surface area (Å²) in [5.41, 5.74) is 0. The first-order valence-electron chi connectivity index (χ1n) is 3.69. The van der Waals surface area contributed by atoms with E-state index < -0.39 is 0 Å². The first-order chi connectivity index (χ1) is 5.72. The van der Waals surface area contributed by atoms with Crippen LogP contribution < -0.4 is 0 Å². The highest BCUT2D eigenvalue weighted by molar-refractivity contribution is 7.05. The second-order valence-electron chi connectivity index (χ2n) is 2.72. The Labute approximate surface area is 80.9 Å². The lowest BCUT2D eigenvalue weighted by Gasteiger charge is -2.05. The molecule has 1 heterocycles. The van der Waals surface area contributed by atoms with Crippen LogP contribution in [-0.2, 0) is 11.2 Å². The molecule has 0 aliphatic heterocycles. The van der Waals surface area contributed by atoms with Gasteiger partial charge in [-0.15, -0.1) is 0 Å². The Bertz CT molecular complexity index is 241. The molecule has 3 nitrogen and oxygen atoms in total. The van der Waals surface area contributed by atoms with Gasteiger partial charge in [-0.3, -0.25) is 0 Å². The average Bonchev–Trinajstić information content (AvgIpc) is 2.36. The second kappa shape index (κ2) is 4.74. The monoisotopic (exact) mass is 206 g/mol. The highest BCUT2D eigenvalue weighted by atomic mass is 35.5. The van der Waals surface area contributed by atoms with Crippen molar-refractivity contribution in [1.29, 1.82) is 0 Å². The minimum atomic E-state index is 0.347. The first-order valence-corrected chi connectivity index (χ1v) is 4.84. The van der Waals surface area contributed by atoms with Gasteiger partial charge < -0.3 is 4.74 Å². The third-order valence-electron chi connectivity index (χ3n) is 1.42. The summed E-state index contributed by atoms with van der Waals surface area (Å²) in [6.45, 7) is 2.86. The fraction of sp³-hybridized carbons (Fsp3) is 0.714. The number of nitrogens with zero attached hydrogens (tertiary/aromatic N) is 2. The predicted octanol–water partition coefficient (Wildman–Crippen LogP) is 2.02. The molecule has 0 spiro atoms. The van der Waals surface area contributed by atoms with Gasteiger partial charge in [0, 0.05) is 20.1 Å². The van der Waals surface area contributed by atoms with Crippen molar-refractivity contribution in [1.82, 2.24) is 9.36 Å². The number of aromatic nitrogens is 2. The Kier molecular flexibility index (Phi) is 3.91. The third kappa shape index (κ3) is 3.05. The van der Waals surface area contributed by atoms with Crippen molar-refractivity contribution >= 4 is 23.1 Å². The van der Waals surface area contributed by atoms with Crippen LogP contribution in [0.15, 0.2) is 0 Å². The van der Waals surface area contributed by atoms with Crippen LogP contribution in [0.5, 0.6) is 0 Å². The lowest BCUT2D eigenvalue weighted by molar-refractivity contribution is 0.159. The van der Waals surface area contributed by atoms with E-state index in [9.17, 15) is 0 Å². The minimum absolute atomic E-state index is 0.347. The molecular weight excluding hydrogens is 196 g/mol. The molecule has 0 aromatic carbocycles. The number of hydrogen-bond acceptors (Lipinski definition) is 4. The molecule has 0 fully saturated rings. The largest absolute Gasteiger partial charge is 0.384 e. The molecule has 0 radical (unpaired) electrons. The van der Waals surface area contributed by atoms with E-state index in [1.165, 1.54) is 11.5 Å². The summed E-state index contributed by atoms with van der Waals surface area (Å²) in [5.74, 6) is 0.471. The van der Waals surface area contributed by atoms with Crippen LogP contribution in [0.4, 0.5) is 0 Å². The standard InChI is InChI=1S/C7H11ClN2OS/c1-5(4-11-2)3-6-9-7(8)10-12-6/h5H,3-4H2,1-2H3. The molecule has 1 atom stereocenters. The van der Waals surface area contributed by atoms with Crippen molar-refractivity contribution in [3.05, 3.63) is 10.3 Å². The van der Waals surface area contributed by atoms with Gasteiger partial charge in [0.2, 0.25) is 5.28 Å². The fourth-order valence-corrected chi connectivity index (χ4v) is 1.92. The summed E-state index contributed by atoms with van der Waals surface area (Å²) in [6, 6.07) is 0. The van der Waals surface area contributed by atoms with Gasteiger partial charge in [0.05, 0.1) is 0 Å². The van der Waals surface area contributed by atoms with E-state index in [0.29, 0.717) is 11.2 Å². The summed E-state index contributed by atoms with van der Waals surface area (Å²) in [4.78, 5) is 4.05. The van der Waals surface area contributed by atoms with Gasteiger partial charge in [0.1, 0.15) is 5.01 Å². The molecule has 0 amide bonds. The van der Waals surface area contributed by atoms with Crippen LogP contribution in [0, 0.1) is 5.92 Å². The molecule has 0 saturated heterocycles. The van der Waals surface area contributed by atoms with Crippen molar-refractivity contribution in [2.75, 3.05) is 13.7 Å². The number of halogens is 1. The van der Waals surface area contributed by atoms with E-state index >= 15 is 0 Å². The van der Waals surface area contributed by atoms with Crippen molar-refractivity contribution in [3.8, 4) is 0 Å². The normalized spacial score (nSPS) is 13.2. The Morgan fingerprint density at radius 3 is 2.92 bits per heavy atom. The number of rotatable bonds is 4. The van der Waals surface area contributed by atoms with E-state index in [-0.39, 0.29) is 0 Å². The van der Waals surface area contributed by atoms with Gasteiger partial charge in [-0.2, -0.15) is 4.37 Å². The number of hydrogen-bond donors (Lipinski definition) is 0. The summed E-state index contributed by atoms with van der Waals surface area (Å²) in [6.07, 6.45) is 0.887. The highest BCUT2D eigenvalue weighted by Crippen LogP contribution is 2.13. The Morgan fingerprint density at radius 2 is 2.42 bits per heavy atom. The summed E-state index contributed by atoms with van der Waals surface area (Å²) < 4.78 is 8.89. The van der Waals surface area contributed by atoms with Gasteiger partial charge in [0.25, 0.3) is 0 Å². The highest BCUT2D eigenvalue weighted by Gasteiger charge is 2.07. The average molecular weight is 207 g/mol. The van der Waals surface area contributed by atoms with Gasteiger partial charge in [0.15, 0.2) is 0 Å². The first kappa shape index (κ1) is 9.89. The zero-order chi connectivity index (χ0) is 8.97. The quantitative estimate of drug-likeness (QED) is 0.756. The van der Waals surface area contributed by atoms with Crippen molar-refractivity contribution in [2.24, 2.45) is 5.92 Å². The van der Waals surface area contributed by atoms with Crippen molar-refractivity contribution in [2.45, 2.75) is 13.3 Å². The molecule has 0 saturated carbocycles. The molecule has 68 valence electrons. The van der Waals surface area contributed by atoms with Crippen LogP contribution in [0.1, 0.15) is 11.9 Å². The molecule has 0 N–H and O–H groups in total. The maximum atomic E-state index is 5.58. The maximum Gasteiger partial charge on any atom is 0.234 e. The smallest absolute Gasteiger partial charge is 0.234 e. The second-order valence-corrected chi connectivity index (χ2v) is 3.90. The molecular formula is C7H11ClN2OS. The molecule has 5 heteroatoms. The number of ether oxygens (including phenoxy) is 1. The van der Waals surface area contributed by atoms with Crippen molar-refractivity contribution in [3.63, 3.8) is 0 Å². The SMILES string of the molecule is COCC(C)Cc1nc(Cl)ns1. The molecule has 1 aromatic heterocycles. The van der Waals surface area contributed by atoms with E-state index in [1.807, 2.05) is 0 Å². The van der Waals surface area contributed by atoms with E-state index in [1.54, 1.807) is 7.11 Å². The molecule has 1 unspecified atom stereocenters. The zero-order valence-corrected chi connectivity index (χ0v) is 8.65. The summed E-state index contributed by atoms with van der Waals surface area (Å²) in [5, 5.41) is 1.32. The molecule has 12 heavy (non-hydrogen) atoms. The van der Waals surface area contributed by atoms with Crippen LogP contribution >= 0.6 is 23.1 Å². The van der Waals surface area contributed by atoms with E-state index in [2.05, 4.69) is 16.3 Å². The Hall–Kier alpha value is -0.190. The summed E-state index contributed by atoms with van der Waals surface area (Å²) >= 11 is 6.93. The third-order valence-corrected chi connectivity index (χ3v) is 2.42. The topological polar surface area (TPSA) is 35.0 Å². The molecule has 1 rings (SSSR count). The van der Waals surface area contributed by atoms with Crippen LogP contribution in [-0.4, -0.2) is 23.1 Å². The van der Waals surface area contributed by atoms with Gasteiger partial charge in [-0.05, 0) is 29.1 Å². The van der Waals surface area contributed by atoms with Gasteiger partial charge in [-0.25, -0.2) is 4.98 Å². The fourth-order valence-electron chi connectivity index (χ4n) is 0.959. The molecule has 0 bridgehead atoms. The van der Waals surface area contributed by atoms with Crippen LogP contribution in [0.25, 0.3) is 0 Å². The van der Waals surface area contributed by atoms with E-state index in [0.717, 1.165) is 18.0 Å². The van der Waals surface area contributed by atoms with Gasteiger partial charge >= 0.3 is 0 Å².